The van der Waals surface area contributed by atoms with Crippen molar-refractivity contribution >= 4 is 5.69 Å². The molecule has 21 heavy (non-hydrogen) atoms. The molecule has 0 N–H and O–H groups in total. The zero-order chi connectivity index (χ0) is 15.5. The summed E-state index contributed by atoms with van der Waals surface area (Å²) in [7, 11) is 0. The predicted octanol–water partition coefficient (Wildman–Crippen LogP) is 5.75. The monoisotopic (exact) mass is 287 g/mol. The summed E-state index contributed by atoms with van der Waals surface area (Å²) < 4.78 is 0. The lowest BCUT2D eigenvalue weighted by atomic mass is 9.71. The standard InChI is InChI=1S/C18H29N3/c1-6-17(4)14-13-15(3)18(5,7-2)21(17)20-19-16-11-9-8-10-12-16/h8-12,15H,6-7,13-14H2,1-5H3/b20-19+. The van der Waals surface area contributed by atoms with Gasteiger partial charge < -0.3 is 0 Å². The van der Waals surface area contributed by atoms with E-state index in [9.17, 15) is 0 Å². The lowest BCUT2D eigenvalue weighted by Crippen LogP contribution is -2.61. The summed E-state index contributed by atoms with van der Waals surface area (Å²) in [5.74, 6) is 0.636. The van der Waals surface area contributed by atoms with E-state index in [0.29, 0.717) is 5.92 Å². The second kappa shape index (κ2) is 6.17. The largest absolute Gasteiger partial charge is 0.267 e. The molecule has 1 aliphatic rings. The van der Waals surface area contributed by atoms with Crippen LogP contribution >= 0.6 is 0 Å². The minimum atomic E-state index is 0.0846. The third-order valence-electron chi connectivity index (χ3n) is 5.66. The molecule has 3 unspecified atom stereocenters. The van der Waals surface area contributed by atoms with Gasteiger partial charge in [-0.25, -0.2) is 0 Å². The molecule has 1 aliphatic heterocycles. The number of hydrogen-bond acceptors (Lipinski definition) is 2. The molecule has 1 saturated heterocycles. The van der Waals surface area contributed by atoms with Gasteiger partial charge in [-0.1, -0.05) is 44.2 Å². The van der Waals surface area contributed by atoms with Crippen molar-refractivity contribution in [1.82, 2.24) is 5.01 Å². The Hall–Kier alpha value is -1.38. The molecular formula is C18H29N3. The Kier molecular flexibility index (Phi) is 4.70. The fourth-order valence-electron chi connectivity index (χ4n) is 3.40. The fourth-order valence-corrected chi connectivity index (χ4v) is 3.40. The SMILES string of the molecule is CCC1(C)CCC(C)C(C)(CC)N1/N=N/c1ccccc1. The average Bonchev–Trinajstić information content (AvgIpc) is 2.52. The van der Waals surface area contributed by atoms with Gasteiger partial charge in [0.1, 0.15) is 0 Å². The van der Waals surface area contributed by atoms with Crippen LogP contribution in [0, 0.1) is 5.92 Å². The molecule has 3 atom stereocenters. The molecule has 0 radical (unpaired) electrons. The molecule has 0 aromatic heterocycles. The Morgan fingerprint density at radius 1 is 1.14 bits per heavy atom. The van der Waals surface area contributed by atoms with Crippen LogP contribution in [0.1, 0.15) is 60.3 Å². The minimum absolute atomic E-state index is 0.0846. The Morgan fingerprint density at radius 2 is 1.81 bits per heavy atom. The summed E-state index contributed by atoms with van der Waals surface area (Å²) in [6.45, 7) is 11.6. The van der Waals surface area contributed by atoms with Crippen LogP contribution in [0.25, 0.3) is 0 Å². The van der Waals surface area contributed by atoms with Crippen LogP contribution in [0.2, 0.25) is 0 Å². The van der Waals surface area contributed by atoms with Crippen molar-refractivity contribution in [1.29, 1.82) is 0 Å². The Bertz CT molecular complexity index is 484. The first-order chi connectivity index (χ1) is 9.96. The van der Waals surface area contributed by atoms with E-state index < -0.39 is 0 Å². The molecule has 0 bridgehead atoms. The lowest BCUT2D eigenvalue weighted by Gasteiger charge is -2.55. The second-order valence-corrected chi connectivity index (χ2v) is 6.84. The van der Waals surface area contributed by atoms with E-state index in [1.807, 2.05) is 30.3 Å². The number of benzene rings is 1. The quantitative estimate of drug-likeness (QED) is 0.647. The van der Waals surface area contributed by atoms with Crippen molar-refractivity contribution in [2.75, 3.05) is 0 Å². The van der Waals surface area contributed by atoms with Gasteiger partial charge in [-0.3, -0.25) is 5.01 Å². The molecule has 0 saturated carbocycles. The van der Waals surface area contributed by atoms with E-state index >= 15 is 0 Å². The molecule has 2 rings (SSSR count). The minimum Gasteiger partial charge on any atom is -0.267 e. The van der Waals surface area contributed by atoms with Crippen molar-refractivity contribution in [2.24, 2.45) is 16.3 Å². The maximum absolute atomic E-state index is 4.71. The normalized spacial score (nSPS) is 33.6. The van der Waals surface area contributed by atoms with Gasteiger partial charge in [-0.15, -0.1) is 5.11 Å². The molecule has 1 heterocycles. The molecule has 0 amide bonds. The van der Waals surface area contributed by atoms with Crippen LogP contribution in [0.15, 0.2) is 40.7 Å². The average molecular weight is 287 g/mol. The van der Waals surface area contributed by atoms with Crippen LogP contribution in [0.5, 0.6) is 0 Å². The van der Waals surface area contributed by atoms with Gasteiger partial charge >= 0.3 is 0 Å². The van der Waals surface area contributed by atoms with E-state index in [2.05, 4.69) is 44.7 Å². The maximum atomic E-state index is 4.71. The fraction of sp³-hybridized carbons (Fsp3) is 0.667. The number of nitrogens with zero attached hydrogens (tertiary/aromatic N) is 3. The van der Waals surface area contributed by atoms with Gasteiger partial charge in [0.25, 0.3) is 0 Å². The summed E-state index contributed by atoms with van der Waals surface area (Å²) in [5, 5.41) is 11.5. The Balaban J connectivity index is 2.35. The van der Waals surface area contributed by atoms with Crippen molar-refractivity contribution < 1.29 is 0 Å². The van der Waals surface area contributed by atoms with Gasteiger partial charge in [0, 0.05) is 0 Å². The highest BCUT2D eigenvalue weighted by Gasteiger charge is 2.48. The maximum Gasteiger partial charge on any atom is 0.0874 e. The summed E-state index contributed by atoms with van der Waals surface area (Å²) in [5.41, 5.74) is 1.12. The molecule has 1 aromatic rings. The molecule has 0 aliphatic carbocycles. The first-order valence-corrected chi connectivity index (χ1v) is 8.23. The Labute approximate surface area is 129 Å². The molecule has 3 heteroatoms. The molecule has 1 fully saturated rings. The summed E-state index contributed by atoms with van der Waals surface area (Å²) in [6, 6.07) is 10.0. The summed E-state index contributed by atoms with van der Waals surface area (Å²) >= 11 is 0. The highest BCUT2D eigenvalue weighted by atomic mass is 15.6. The van der Waals surface area contributed by atoms with E-state index in [1.165, 1.54) is 12.8 Å². The van der Waals surface area contributed by atoms with E-state index in [0.717, 1.165) is 18.5 Å². The third-order valence-corrected chi connectivity index (χ3v) is 5.66. The van der Waals surface area contributed by atoms with Crippen LogP contribution < -0.4 is 0 Å². The van der Waals surface area contributed by atoms with Gasteiger partial charge in [-0.05, 0) is 57.6 Å². The third kappa shape index (κ3) is 2.97. The van der Waals surface area contributed by atoms with Gasteiger partial charge in [0.2, 0.25) is 0 Å². The topological polar surface area (TPSA) is 28.0 Å². The summed E-state index contributed by atoms with van der Waals surface area (Å²) in [6.07, 6.45) is 4.65. The predicted molar refractivity (Wildman–Crippen MR) is 88.6 cm³/mol. The zero-order valence-corrected chi connectivity index (χ0v) is 14.1. The lowest BCUT2D eigenvalue weighted by molar-refractivity contribution is -0.0869. The van der Waals surface area contributed by atoms with Crippen molar-refractivity contribution in [2.45, 2.75) is 71.4 Å². The van der Waals surface area contributed by atoms with Crippen molar-refractivity contribution in [3.8, 4) is 0 Å². The van der Waals surface area contributed by atoms with Gasteiger partial charge in [0.15, 0.2) is 0 Å². The molecule has 0 spiro atoms. The van der Waals surface area contributed by atoms with Crippen LogP contribution in [-0.4, -0.2) is 16.1 Å². The van der Waals surface area contributed by atoms with Gasteiger partial charge in [-0.2, -0.15) is 0 Å². The second-order valence-electron chi connectivity index (χ2n) is 6.84. The number of piperidine rings is 1. The highest BCUT2D eigenvalue weighted by Crippen LogP contribution is 2.45. The van der Waals surface area contributed by atoms with Crippen molar-refractivity contribution in [3.05, 3.63) is 30.3 Å². The molecule has 3 nitrogen and oxygen atoms in total. The first-order valence-electron chi connectivity index (χ1n) is 8.23. The van der Waals surface area contributed by atoms with E-state index in [1.54, 1.807) is 0 Å². The molecule has 116 valence electrons. The van der Waals surface area contributed by atoms with Gasteiger partial charge in [0.05, 0.1) is 16.8 Å². The van der Waals surface area contributed by atoms with Crippen LogP contribution in [0.4, 0.5) is 5.69 Å². The summed E-state index contributed by atoms with van der Waals surface area (Å²) in [4.78, 5) is 0. The van der Waals surface area contributed by atoms with E-state index in [-0.39, 0.29) is 11.1 Å². The van der Waals surface area contributed by atoms with Crippen LogP contribution in [0.3, 0.4) is 0 Å². The van der Waals surface area contributed by atoms with Crippen molar-refractivity contribution in [3.63, 3.8) is 0 Å². The molecular weight excluding hydrogens is 258 g/mol. The zero-order valence-electron chi connectivity index (χ0n) is 14.1. The Morgan fingerprint density at radius 3 is 2.38 bits per heavy atom. The molecule has 1 aromatic carbocycles. The number of rotatable bonds is 4. The smallest absolute Gasteiger partial charge is 0.0874 e. The number of hydrogen-bond donors (Lipinski definition) is 0. The van der Waals surface area contributed by atoms with E-state index in [4.69, 9.17) is 5.22 Å². The first kappa shape index (κ1) is 16.0. The highest BCUT2D eigenvalue weighted by molar-refractivity contribution is 5.34. The van der Waals surface area contributed by atoms with Crippen LogP contribution in [-0.2, 0) is 0 Å².